The van der Waals surface area contributed by atoms with Gasteiger partial charge in [-0.2, -0.15) is 0 Å². The highest BCUT2D eigenvalue weighted by atomic mass is 79.9. The minimum Gasteiger partial charge on any atom is -0.459 e. The van der Waals surface area contributed by atoms with E-state index in [1.165, 1.54) is 6.92 Å². The van der Waals surface area contributed by atoms with Crippen molar-refractivity contribution < 1.29 is 14.3 Å². The van der Waals surface area contributed by atoms with Gasteiger partial charge in [-0.25, -0.2) is 0 Å². The maximum absolute atomic E-state index is 11.7. The van der Waals surface area contributed by atoms with E-state index in [9.17, 15) is 9.59 Å². The number of halogens is 1. The summed E-state index contributed by atoms with van der Waals surface area (Å²) in [6.07, 6.45) is 0. The molecule has 1 aromatic rings. The molecule has 0 bridgehead atoms. The fourth-order valence-electron chi connectivity index (χ4n) is 1.61. The third-order valence-electron chi connectivity index (χ3n) is 2.45. The molecule has 21 heavy (non-hydrogen) atoms. The smallest absolute Gasteiger partial charge is 0.325 e. The third kappa shape index (κ3) is 5.67. The Morgan fingerprint density at radius 3 is 2.48 bits per heavy atom. The van der Waals surface area contributed by atoms with Gasteiger partial charge >= 0.3 is 5.97 Å². The first-order valence-corrected chi connectivity index (χ1v) is 7.24. The molecule has 0 saturated carbocycles. The van der Waals surface area contributed by atoms with Crippen LogP contribution in [0.3, 0.4) is 0 Å². The van der Waals surface area contributed by atoms with Gasteiger partial charge in [-0.1, -0.05) is 15.9 Å². The molecule has 0 radical (unpaired) electrons. The number of hydrogen-bond donors (Lipinski definition) is 2. The monoisotopic (exact) mass is 354 g/mol. The molecule has 6 heteroatoms. The highest BCUT2D eigenvalue weighted by Gasteiger charge is 2.17. The van der Waals surface area contributed by atoms with Crippen LogP contribution in [-0.4, -0.2) is 29.6 Å². The summed E-state index contributed by atoms with van der Waals surface area (Å²) in [4.78, 5) is 23.1. The molecule has 0 aliphatic carbocycles. The van der Waals surface area contributed by atoms with Crippen LogP contribution in [0.4, 0.5) is 5.69 Å². The van der Waals surface area contributed by atoms with Gasteiger partial charge in [0.15, 0.2) is 5.78 Å². The lowest BCUT2D eigenvalue weighted by Crippen LogP contribution is -2.28. The van der Waals surface area contributed by atoms with Crippen LogP contribution in [0.5, 0.6) is 0 Å². The highest BCUT2D eigenvalue weighted by Crippen LogP contribution is 2.22. The van der Waals surface area contributed by atoms with Gasteiger partial charge in [0.05, 0.1) is 0 Å². The molecular formula is C15H19BrN2O3. The third-order valence-corrected chi connectivity index (χ3v) is 2.94. The van der Waals surface area contributed by atoms with Crippen LogP contribution in [0.15, 0.2) is 22.7 Å². The van der Waals surface area contributed by atoms with E-state index in [2.05, 4.69) is 21.2 Å². The molecule has 0 heterocycles. The van der Waals surface area contributed by atoms with Crippen molar-refractivity contribution in [1.29, 1.82) is 5.41 Å². The second-order valence-corrected chi connectivity index (χ2v) is 6.48. The van der Waals surface area contributed by atoms with Crippen molar-refractivity contribution in [2.75, 3.05) is 11.9 Å². The standard InChI is InChI=1S/C15H19BrN2O3/c1-9(19)14(17)11-7-10(16)5-6-12(11)18-8-13(20)21-15(2,3)4/h5-7,17-18H,8H2,1-4H3. The lowest BCUT2D eigenvalue weighted by molar-refractivity contribution is -0.152. The molecular weight excluding hydrogens is 336 g/mol. The Labute approximate surface area is 132 Å². The first-order chi connectivity index (χ1) is 9.60. The number of carbonyl (C=O) groups excluding carboxylic acids is 2. The second kappa shape index (κ2) is 6.85. The Balaban J connectivity index is 2.87. The number of benzene rings is 1. The van der Waals surface area contributed by atoms with Gasteiger partial charge < -0.3 is 10.1 Å². The molecule has 0 saturated heterocycles. The van der Waals surface area contributed by atoms with Gasteiger partial charge in [-0.15, -0.1) is 0 Å². The summed E-state index contributed by atoms with van der Waals surface area (Å²) in [5, 5.41) is 10.7. The van der Waals surface area contributed by atoms with Crippen LogP contribution in [0.25, 0.3) is 0 Å². The summed E-state index contributed by atoms with van der Waals surface area (Å²) in [7, 11) is 0. The highest BCUT2D eigenvalue weighted by molar-refractivity contribution is 9.10. The normalized spacial score (nSPS) is 10.9. The van der Waals surface area contributed by atoms with Crippen molar-refractivity contribution in [3.05, 3.63) is 28.2 Å². The van der Waals surface area contributed by atoms with Crippen LogP contribution in [0.1, 0.15) is 33.3 Å². The fourth-order valence-corrected chi connectivity index (χ4v) is 1.97. The second-order valence-electron chi connectivity index (χ2n) is 5.56. The fraction of sp³-hybridized carbons (Fsp3) is 0.400. The van der Waals surface area contributed by atoms with Crippen molar-refractivity contribution in [2.45, 2.75) is 33.3 Å². The number of ether oxygens (including phenoxy) is 1. The Morgan fingerprint density at radius 2 is 1.95 bits per heavy atom. The number of nitrogens with one attached hydrogen (secondary N) is 2. The summed E-state index contributed by atoms with van der Waals surface area (Å²) >= 11 is 3.31. The Bertz CT molecular complexity index is 577. The molecule has 0 aromatic heterocycles. The largest absolute Gasteiger partial charge is 0.459 e. The van der Waals surface area contributed by atoms with E-state index in [0.29, 0.717) is 11.3 Å². The summed E-state index contributed by atoms with van der Waals surface area (Å²) < 4.78 is 5.96. The van der Waals surface area contributed by atoms with Crippen molar-refractivity contribution in [2.24, 2.45) is 0 Å². The molecule has 0 atom stereocenters. The van der Waals surface area contributed by atoms with Gasteiger partial charge in [0, 0.05) is 22.6 Å². The molecule has 1 rings (SSSR count). The molecule has 5 nitrogen and oxygen atoms in total. The van der Waals surface area contributed by atoms with Gasteiger partial charge in [0.25, 0.3) is 0 Å². The summed E-state index contributed by atoms with van der Waals surface area (Å²) in [5.41, 5.74) is 0.334. The van der Waals surface area contributed by atoms with Crippen molar-refractivity contribution in [3.8, 4) is 0 Å². The van der Waals surface area contributed by atoms with Crippen molar-refractivity contribution >= 4 is 39.1 Å². The topological polar surface area (TPSA) is 79.3 Å². The minimum atomic E-state index is -0.548. The number of ketones is 1. The molecule has 114 valence electrons. The zero-order chi connectivity index (χ0) is 16.2. The number of Topliss-reactive ketones (excluding diaryl/α,β-unsaturated/α-hetero) is 1. The first kappa shape index (κ1) is 17.4. The van der Waals surface area contributed by atoms with Crippen molar-refractivity contribution in [3.63, 3.8) is 0 Å². The quantitative estimate of drug-likeness (QED) is 0.628. The van der Waals surface area contributed by atoms with E-state index >= 15 is 0 Å². The van der Waals surface area contributed by atoms with Gasteiger partial charge in [0.2, 0.25) is 0 Å². The summed E-state index contributed by atoms with van der Waals surface area (Å²) in [5.74, 6) is -0.737. The molecule has 0 aliphatic heterocycles. The van der Waals surface area contributed by atoms with Crippen LogP contribution < -0.4 is 5.32 Å². The Kier molecular flexibility index (Phi) is 5.66. The van der Waals surface area contributed by atoms with Crippen LogP contribution in [-0.2, 0) is 14.3 Å². The number of carbonyl (C=O) groups is 2. The maximum Gasteiger partial charge on any atom is 0.325 e. The van der Waals surface area contributed by atoms with Gasteiger partial charge in [0.1, 0.15) is 17.9 Å². The average Bonchev–Trinajstić information content (AvgIpc) is 2.34. The molecule has 0 aliphatic rings. The molecule has 2 N–H and O–H groups in total. The zero-order valence-corrected chi connectivity index (χ0v) is 14.1. The SMILES string of the molecule is CC(=O)C(=N)c1cc(Br)ccc1NCC(=O)OC(C)(C)C. The molecule has 0 fully saturated rings. The first-order valence-electron chi connectivity index (χ1n) is 6.45. The predicted octanol–water partition coefficient (Wildman–Crippen LogP) is 3.16. The minimum absolute atomic E-state index is 0.0307. The Hall–Kier alpha value is -1.69. The van der Waals surface area contributed by atoms with Crippen molar-refractivity contribution in [1.82, 2.24) is 0 Å². The lowest BCUT2D eigenvalue weighted by Gasteiger charge is -2.20. The zero-order valence-electron chi connectivity index (χ0n) is 12.5. The van der Waals surface area contributed by atoms with E-state index in [4.69, 9.17) is 10.1 Å². The lowest BCUT2D eigenvalue weighted by atomic mass is 10.1. The van der Waals surface area contributed by atoms with E-state index < -0.39 is 11.6 Å². The number of rotatable bonds is 5. The van der Waals surface area contributed by atoms with Crippen LogP contribution in [0.2, 0.25) is 0 Å². The number of anilines is 1. The summed E-state index contributed by atoms with van der Waals surface area (Å²) in [6.45, 7) is 6.68. The van der Waals surface area contributed by atoms with Gasteiger partial charge in [-0.05, 0) is 39.0 Å². The molecule has 1 aromatic carbocycles. The predicted molar refractivity (Wildman–Crippen MR) is 86.0 cm³/mol. The van der Waals surface area contributed by atoms with Gasteiger partial charge in [-0.3, -0.25) is 15.0 Å². The molecule has 0 amide bonds. The Morgan fingerprint density at radius 1 is 1.33 bits per heavy atom. The average molecular weight is 355 g/mol. The maximum atomic E-state index is 11.7. The van der Waals surface area contributed by atoms with E-state index in [1.54, 1.807) is 39.0 Å². The number of hydrogen-bond acceptors (Lipinski definition) is 5. The molecule has 0 spiro atoms. The van der Waals surface area contributed by atoms with E-state index in [0.717, 1.165) is 4.47 Å². The van der Waals surface area contributed by atoms with E-state index in [-0.39, 0.29) is 18.0 Å². The van der Waals surface area contributed by atoms with Crippen LogP contribution in [0, 0.1) is 5.41 Å². The van der Waals surface area contributed by atoms with E-state index in [1.807, 2.05) is 0 Å². The van der Waals surface area contributed by atoms with Crippen LogP contribution >= 0.6 is 15.9 Å². The summed E-state index contributed by atoms with van der Waals surface area (Å²) in [6, 6.07) is 5.15. The number of esters is 1. The molecule has 0 unspecified atom stereocenters.